The van der Waals surface area contributed by atoms with E-state index in [9.17, 15) is 19.2 Å². The van der Waals surface area contributed by atoms with Gasteiger partial charge >= 0.3 is 6.03 Å². The van der Waals surface area contributed by atoms with Crippen molar-refractivity contribution in [3.8, 4) is 0 Å². The molecule has 3 N–H and O–H groups in total. The molecular formula is C24H26N6O4. The summed E-state index contributed by atoms with van der Waals surface area (Å²) in [5, 5.41) is 3.90. The number of hydrazine groups is 1. The number of likely N-dealkylation sites (N-methyl/N-ethyl adjacent to an activating group) is 1. The summed E-state index contributed by atoms with van der Waals surface area (Å²) in [5.41, 5.74) is 2.64. The van der Waals surface area contributed by atoms with Crippen LogP contribution in [0.1, 0.15) is 24.7 Å². The number of rotatable bonds is 8. The van der Waals surface area contributed by atoms with E-state index in [-0.39, 0.29) is 18.6 Å². The van der Waals surface area contributed by atoms with Gasteiger partial charge < -0.3 is 10.3 Å². The molecule has 4 rings (SSSR count). The number of hydrogen-bond donors (Lipinski definition) is 3. The van der Waals surface area contributed by atoms with Crippen LogP contribution in [0.3, 0.4) is 0 Å². The van der Waals surface area contributed by atoms with Gasteiger partial charge in [-0.2, -0.15) is 5.01 Å². The summed E-state index contributed by atoms with van der Waals surface area (Å²) in [6, 6.07) is 16.0. The molecule has 1 unspecified atom stereocenters. The molecule has 2 heterocycles. The minimum absolute atomic E-state index is 0.117. The van der Waals surface area contributed by atoms with Gasteiger partial charge in [0, 0.05) is 0 Å². The molecular weight excluding hydrogens is 436 g/mol. The number of aromatic nitrogens is 2. The van der Waals surface area contributed by atoms with E-state index in [0.29, 0.717) is 29.6 Å². The molecule has 4 amide bonds. The largest absolute Gasteiger partial charge is 0.344 e. The molecule has 0 bridgehead atoms. The van der Waals surface area contributed by atoms with Crippen LogP contribution in [-0.2, 0) is 22.6 Å². The van der Waals surface area contributed by atoms with E-state index >= 15 is 0 Å². The molecule has 1 fully saturated rings. The Morgan fingerprint density at radius 1 is 1.09 bits per heavy atom. The van der Waals surface area contributed by atoms with E-state index in [2.05, 4.69) is 20.7 Å². The SMILES string of the molecule is CN(CC(=O)NN1C(=O)NC(C)(CCc2ccccc2)C1=O)Cc1nc2ccccc2c(=O)[nH]1. The van der Waals surface area contributed by atoms with Crippen LogP contribution in [-0.4, -0.2) is 56.9 Å². The standard InChI is InChI=1S/C24H26N6O4/c1-24(13-12-16-8-4-3-5-9-16)22(33)30(23(34)27-24)28-20(31)15-29(2)14-19-25-18-11-7-6-10-17(18)21(32)26-19/h3-11H,12-15H2,1-2H3,(H,27,34)(H,28,31)(H,25,26,32). The Morgan fingerprint density at radius 2 is 1.79 bits per heavy atom. The highest BCUT2D eigenvalue weighted by Gasteiger charge is 2.48. The Bertz CT molecular complexity index is 1290. The number of H-pyrrole nitrogens is 1. The van der Waals surface area contributed by atoms with Crippen LogP contribution in [0.4, 0.5) is 4.79 Å². The summed E-state index contributed by atoms with van der Waals surface area (Å²) in [6.45, 7) is 1.73. The van der Waals surface area contributed by atoms with Crippen LogP contribution in [0, 0.1) is 0 Å². The number of fused-ring (bicyclic) bond motifs is 1. The third kappa shape index (κ3) is 4.96. The average Bonchev–Trinajstić information content (AvgIpc) is 3.01. The van der Waals surface area contributed by atoms with Gasteiger partial charge in [-0.1, -0.05) is 42.5 Å². The second kappa shape index (κ2) is 9.44. The lowest BCUT2D eigenvalue weighted by molar-refractivity contribution is -0.139. The van der Waals surface area contributed by atoms with Crippen LogP contribution < -0.4 is 16.3 Å². The summed E-state index contributed by atoms with van der Waals surface area (Å²) in [7, 11) is 1.67. The van der Waals surface area contributed by atoms with Crippen molar-refractivity contribution in [3.05, 3.63) is 76.3 Å². The molecule has 0 saturated carbocycles. The zero-order valence-electron chi connectivity index (χ0n) is 19.0. The third-order valence-electron chi connectivity index (χ3n) is 5.75. The minimum Gasteiger partial charge on any atom is -0.322 e. The zero-order valence-corrected chi connectivity index (χ0v) is 19.0. The van der Waals surface area contributed by atoms with E-state index in [1.165, 1.54) is 0 Å². The summed E-state index contributed by atoms with van der Waals surface area (Å²) in [4.78, 5) is 58.8. The van der Waals surface area contributed by atoms with Gasteiger partial charge in [0.2, 0.25) is 0 Å². The van der Waals surface area contributed by atoms with Gasteiger partial charge in [0.15, 0.2) is 0 Å². The molecule has 10 nitrogen and oxygen atoms in total. The molecule has 1 atom stereocenters. The van der Waals surface area contributed by atoms with Gasteiger partial charge in [-0.3, -0.25) is 24.7 Å². The highest BCUT2D eigenvalue weighted by molar-refractivity contribution is 6.07. The lowest BCUT2D eigenvalue weighted by atomic mass is 9.93. The number of hydrogen-bond acceptors (Lipinski definition) is 6. The van der Waals surface area contributed by atoms with Crippen molar-refractivity contribution in [2.24, 2.45) is 0 Å². The van der Waals surface area contributed by atoms with Gasteiger partial charge in [0.05, 0.1) is 24.0 Å². The third-order valence-corrected chi connectivity index (χ3v) is 5.75. The highest BCUT2D eigenvalue weighted by Crippen LogP contribution is 2.22. The quantitative estimate of drug-likeness (QED) is 0.434. The van der Waals surface area contributed by atoms with Crippen molar-refractivity contribution in [2.75, 3.05) is 13.6 Å². The van der Waals surface area contributed by atoms with Crippen LogP contribution >= 0.6 is 0 Å². The van der Waals surface area contributed by atoms with Crippen molar-refractivity contribution >= 4 is 28.7 Å². The maximum Gasteiger partial charge on any atom is 0.344 e. The Morgan fingerprint density at radius 3 is 2.56 bits per heavy atom. The predicted octanol–water partition coefficient (Wildman–Crippen LogP) is 1.33. The van der Waals surface area contributed by atoms with E-state index in [1.807, 2.05) is 30.3 Å². The number of aromatic amines is 1. The zero-order chi connectivity index (χ0) is 24.3. The van der Waals surface area contributed by atoms with E-state index in [4.69, 9.17) is 0 Å². The molecule has 1 saturated heterocycles. The maximum atomic E-state index is 12.9. The Kier molecular flexibility index (Phi) is 6.42. The second-order valence-corrected chi connectivity index (χ2v) is 8.63. The normalized spacial score (nSPS) is 17.9. The number of nitrogens with zero attached hydrogens (tertiary/aromatic N) is 3. The minimum atomic E-state index is -1.11. The first-order valence-electron chi connectivity index (χ1n) is 10.9. The molecule has 3 aromatic rings. The fourth-order valence-electron chi connectivity index (χ4n) is 3.92. The van der Waals surface area contributed by atoms with Crippen LogP contribution in [0.5, 0.6) is 0 Å². The highest BCUT2D eigenvalue weighted by atomic mass is 16.2. The van der Waals surface area contributed by atoms with E-state index < -0.39 is 23.4 Å². The van der Waals surface area contributed by atoms with E-state index in [1.54, 1.807) is 43.1 Å². The topological polar surface area (TPSA) is 128 Å². The molecule has 10 heteroatoms. The molecule has 2 aromatic carbocycles. The molecule has 1 aromatic heterocycles. The Labute approximate surface area is 195 Å². The first kappa shape index (κ1) is 23.1. The van der Waals surface area contributed by atoms with Crippen LogP contribution in [0.25, 0.3) is 10.9 Å². The van der Waals surface area contributed by atoms with Crippen molar-refractivity contribution in [1.82, 2.24) is 30.6 Å². The average molecular weight is 463 g/mol. The number of imide groups is 1. The lowest BCUT2D eigenvalue weighted by Gasteiger charge is -2.22. The molecule has 34 heavy (non-hydrogen) atoms. The van der Waals surface area contributed by atoms with Crippen molar-refractivity contribution in [1.29, 1.82) is 0 Å². The van der Waals surface area contributed by atoms with Gasteiger partial charge in [0.25, 0.3) is 17.4 Å². The summed E-state index contributed by atoms with van der Waals surface area (Å²) >= 11 is 0. The fraction of sp³-hybridized carbons (Fsp3) is 0.292. The summed E-state index contributed by atoms with van der Waals surface area (Å²) in [6.07, 6.45) is 1.000. The predicted molar refractivity (Wildman–Crippen MR) is 125 cm³/mol. The summed E-state index contributed by atoms with van der Waals surface area (Å²) < 4.78 is 0. The van der Waals surface area contributed by atoms with Gasteiger partial charge in [-0.25, -0.2) is 9.78 Å². The number of benzene rings is 2. The molecule has 1 aliphatic heterocycles. The van der Waals surface area contributed by atoms with Crippen LogP contribution in [0.15, 0.2) is 59.4 Å². The second-order valence-electron chi connectivity index (χ2n) is 8.63. The molecule has 176 valence electrons. The van der Waals surface area contributed by atoms with Gasteiger partial charge in [-0.05, 0) is 44.5 Å². The van der Waals surface area contributed by atoms with Crippen molar-refractivity contribution in [2.45, 2.75) is 31.8 Å². The molecule has 0 aliphatic carbocycles. The number of carbonyl (C=O) groups excluding carboxylic acids is 3. The fourth-order valence-corrected chi connectivity index (χ4v) is 3.92. The monoisotopic (exact) mass is 462 g/mol. The number of carbonyl (C=O) groups is 3. The number of nitrogens with one attached hydrogen (secondary N) is 3. The Balaban J connectivity index is 1.34. The van der Waals surface area contributed by atoms with E-state index in [0.717, 1.165) is 10.6 Å². The van der Waals surface area contributed by atoms with Gasteiger partial charge in [-0.15, -0.1) is 0 Å². The van der Waals surface area contributed by atoms with Crippen molar-refractivity contribution < 1.29 is 14.4 Å². The lowest BCUT2D eigenvalue weighted by Crippen LogP contribution is -2.51. The number of aryl methyl sites for hydroxylation is 1. The first-order valence-corrected chi connectivity index (χ1v) is 10.9. The molecule has 1 aliphatic rings. The first-order chi connectivity index (χ1) is 16.2. The molecule has 0 spiro atoms. The smallest absolute Gasteiger partial charge is 0.322 e. The van der Waals surface area contributed by atoms with Crippen molar-refractivity contribution in [3.63, 3.8) is 0 Å². The Hall–Kier alpha value is -4.05. The van der Waals surface area contributed by atoms with Gasteiger partial charge in [0.1, 0.15) is 11.4 Å². The number of para-hydroxylation sites is 1. The van der Waals surface area contributed by atoms with Crippen LogP contribution in [0.2, 0.25) is 0 Å². The number of urea groups is 1. The maximum absolute atomic E-state index is 12.9. The number of amides is 4. The summed E-state index contributed by atoms with van der Waals surface area (Å²) in [5.74, 6) is -0.645. The molecule has 0 radical (unpaired) electrons.